The Bertz CT molecular complexity index is 658. The average Bonchev–Trinajstić information content (AvgIpc) is 2.53. The van der Waals surface area contributed by atoms with Crippen molar-refractivity contribution < 1.29 is 4.79 Å². The molecule has 1 N–H and O–H groups in total. The number of anilines is 2. The van der Waals surface area contributed by atoms with Crippen LogP contribution in [0.4, 0.5) is 11.5 Å². The number of benzene rings is 1. The van der Waals surface area contributed by atoms with Crippen LogP contribution in [-0.2, 0) is 11.3 Å². The van der Waals surface area contributed by atoms with Gasteiger partial charge in [-0.1, -0.05) is 51.1 Å². The summed E-state index contributed by atoms with van der Waals surface area (Å²) in [6.45, 7) is 10.8. The molecule has 0 aliphatic carbocycles. The SMILES string of the molecule is CC(C)N(Cc1ccccc1)c1ccc(NC(=O)C(C)(C)C)nc1. The number of hydrogen-bond acceptors (Lipinski definition) is 3. The number of carbonyl (C=O) groups is 1. The minimum absolute atomic E-state index is 0.0345. The van der Waals surface area contributed by atoms with Crippen molar-refractivity contribution in [1.82, 2.24) is 4.98 Å². The first-order valence-electron chi connectivity index (χ1n) is 8.35. The van der Waals surface area contributed by atoms with Gasteiger partial charge in [0.25, 0.3) is 0 Å². The number of nitrogens with one attached hydrogen (secondary N) is 1. The Kier molecular flexibility index (Phi) is 5.60. The summed E-state index contributed by atoms with van der Waals surface area (Å²) in [5.74, 6) is 0.551. The van der Waals surface area contributed by atoms with Gasteiger partial charge < -0.3 is 10.2 Å². The van der Waals surface area contributed by atoms with Crippen LogP contribution in [0, 0.1) is 5.41 Å². The summed E-state index contributed by atoms with van der Waals surface area (Å²) in [6.07, 6.45) is 1.82. The molecule has 0 bridgehead atoms. The van der Waals surface area contributed by atoms with Crippen LogP contribution in [0.1, 0.15) is 40.2 Å². The van der Waals surface area contributed by atoms with Crippen LogP contribution >= 0.6 is 0 Å². The molecular formula is C20H27N3O. The van der Waals surface area contributed by atoms with E-state index in [1.165, 1.54) is 5.56 Å². The van der Waals surface area contributed by atoms with Gasteiger partial charge in [0, 0.05) is 18.0 Å². The highest BCUT2D eigenvalue weighted by molar-refractivity contribution is 5.93. The molecule has 1 heterocycles. The predicted molar refractivity (Wildman–Crippen MR) is 100 cm³/mol. The van der Waals surface area contributed by atoms with Crippen molar-refractivity contribution >= 4 is 17.4 Å². The predicted octanol–water partition coefficient (Wildman–Crippen LogP) is 4.48. The van der Waals surface area contributed by atoms with Crippen LogP contribution in [0.3, 0.4) is 0 Å². The highest BCUT2D eigenvalue weighted by atomic mass is 16.2. The minimum Gasteiger partial charge on any atom is -0.364 e. The summed E-state index contributed by atoms with van der Waals surface area (Å²) in [6, 6.07) is 14.6. The molecular weight excluding hydrogens is 298 g/mol. The third kappa shape index (κ3) is 4.82. The molecule has 2 aromatic rings. The van der Waals surface area contributed by atoms with Crippen molar-refractivity contribution in [2.24, 2.45) is 5.41 Å². The monoisotopic (exact) mass is 325 g/mol. The van der Waals surface area contributed by atoms with Gasteiger partial charge in [0.15, 0.2) is 0 Å². The van der Waals surface area contributed by atoms with Gasteiger partial charge in [-0.2, -0.15) is 0 Å². The second-order valence-electron chi connectivity index (χ2n) is 7.31. The van der Waals surface area contributed by atoms with E-state index in [0.717, 1.165) is 12.2 Å². The maximum Gasteiger partial charge on any atom is 0.230 e. The normalized spacial score (nSPS) is 11.4. The van der Waals surface area contributed by atoms with E-state index >= 15 is 0 Å². The summed E-state index contributed by atoms with van der Waals surface area (Å²) in [4.78, 5) is 18.7. The molecule has 0 unspecified atom stereocenters. The van der Waals surface area contributed by atoms with E-state index in [1.807, 2.05) is 45.2 Å². The lowest BCUT2D eigenvalue weighted by atomic mass is 9.96. The summed E-state index contributed by atoms with van der Waals surface area (Å²) in [5.41, 5.74) is 1.87. The first kappa shape index (κ1) is 18.0. The van der Waals surface area contributed by atoms with Crippen LogP contribution in [0.5, 0.6) is 0 Å². The smallest absolute Gasteiger partial charge is 0.230 e. The van der Waals surface area contributed by atoms with Crippen molar-refractivity contribution in [3.05, 3.63) is 54.2 Å². The van der Waals surface area contributed by atoms with Gasteiger partial charge in [-0.25, -0.2) is 4.98 Å². The minimum atomic E-state index is -0.433. The molecule has 0 aliphatic rings. The van der Waals surface area contributed by atoms with Gasteiger partial charge in [-0.3, -0.25) is 4.79 Å². The standard InChI is InChI=1S/C20H27N3O/c1-15(2)23(14-16-9-7-6-8-10-16)17-11-12-18(21-13-17)22-19(24)20(3,4)5/h6-13,15H,14H2,1-5H3,(H,21,22,24). The highest BCUT2D eigenvalue weighted by Gasteiger charge is 2.21. The molecule has 0 radical (unpaired) electrons. The van der Waals surface area contributed by atoms with E-state index in [-0.39, 0.29) is 5.91 Å². The molecule has 1 aromatic carbocycles. The fraction of sp³-hybridized carbons (Fsp3) is 0.400. The molecule has 4 nitrogen and oxygen atoms in total. The Balaban J connectivity index is 2.13. The zero-order valence-corrected chi connectivity index (χ0v) is 15.2. The molecule has 0 saturated carbocycles. The summed E-state index contributed by atoms with van der Waals surface area (Å²) in [7, 11) is 0. The van der Waals surface area contributed by atoms with Crippen molar-refractivity contribution in [2.45, 2.75) is 47.2 Å². The lowest BCUT2D eigenvalue weighted by Gasteiger charge is -2.29. The zero-order chi connectivity index (χ0) is 17.7. The molecule has 1 aromatic heterocycles. The highest BCUT2D eigenvalue weighted by Crippen LogP contribution is 2.22. The van der Waals surface area contributed by atoms with E-state index in [1.54, 1.807) is 0 Å². The van der Waals surface area contributed by atoms with E-state index in [9.17, 15) is 4.79 Å². The topological polar surface area (TPSA) is 45.2 Å². The van der Waals surface area contributed by atoms with Gasteiger partial charge in [-0.15, -0.1) is 0 Å². The van der Waals surface area contributed by atoms with Crippen LogP contribution in [-0.4, -0.2) is 16.9 Å². The number of aromatic nitrogens is 1. The number of carbonyl (C=O) groups excluding carboxylic acids is 1. The third-order valence-corrected chi connectivity index (χ3v) is 3.82. The molecule has 4 heteroatoms. The zero-order valence-electron chi connectivity index (χ0n) is 15.2. The Morgan fingerprint density at radius 2 is 1.79 bits per heavy atom. The Labute approximate surface area is 144 Å². The second kappa shape index (κ2) is 7.47. The molecule has 0 fully saturated rings. The number of pyridine rings is 1. The van der Waals surface area contributed by atoms with E-state index in [4.69, 9.17) is 0 Å². The van der Waals surface area contributed by atoms with E-state index < -0.39 is 5.41 Å². The second-order valence-corrected chi connectivity index (χ2v) is 7.31. The summed E-state index contributed by atoms with van der Waals surface area (Å²) < 4.78 is 0. The van der Waals surface area contributed by atoms with Gasteiger partial charge in [0.2, 0.25) is 5.91 Å². The lowest BCUT2D eigenvalue weighted by Crippen LogP contribution is -2.30. The molecule has 0 atom stereocenters. The first-order valence-corrected chi connectivity index (χ1v) is 8.35. The number of amides is 1. The fourth-order valence-electron chi connectivity index (χ4n) is 2.29. The molecule has 128 valence electrons. The Morgan fingerprint density at radius 1 is 1.12 bits per heavy atom. The third-order valence-electron chi connectivity index (χ3n) is 3.82. The lowest BCUT2D eigenvalue weighted by molar-refractivity contribution is -0.123. The Hall–Kier alpha value is -2.36. The van der Waals surface area contributed by atoms with E-state index in [0.29, 0.717) is 11.9 Å². The molecule has 0 saturated heterocycles. The van der Waals surface area contributed by atoms with Crippen molar-refractivity contribution in [3.63, 3.8) is 0 Å². The van der Waals surface area contributed by atoms with Crippen molar-refractivity contribution in [1.29, 1.82) is 0 Å². The van der Waals surface area contributed by atoms with Gasteiger partial charge in [0.05, 0.1) is 11.9 Å². The maximum absolute atomic E-state index is 12.0. The molecule has 24 heavy (non-hydrogen) atoms. The number of rotatable bonds is 5. The summed E-state index contributed by atoms with van der Waals surface area (Å²) >= 11 is 0. The molecule has 2 rings (SSSR count). The van der Waals surface area contributed by atoms with Gasteiger partial charge in [0.1, 0.15) is 5.82 Å². The van der Waals surface area contributed by atoms with Crippen molar-refractivity contribution in [3.8, 4) is 0 Å². The Morgan fingerprint density at radius 3 is 2.29 bits per heavy atom. The molecule has 1 amide bonds. The van der Waals surface area contributed by atoms with E-state index in [2.05, 4.69) is 53.3 Å². The van der Waals surface area contributed by atoms with Crippen molar-refractivity contribution in [2.75, 3.05) is 10.2 Å². The number of hydrogen-bond donors (Lipinski definition) is 1. The first-order chi connectivity index (χ1) is 11.3. The van der Waals surface area contributed by atoms with Gasteiger partial charge in [-0.05, 0) is 31.5 Å². The fourth-order valence-corrected chi connectivity index (χ4v) is 2.29. The maximum atomic E-state index is 12.0. The van der Waals surface area contributed by atoms with Crippen LogP contribution in [0.2, 0.25) is 0 Å². The molecule has 0 spiro atoms. The van der Waals surface area contributed by atoms with Crippen LogP contribution in [0.15, 0.2) is 48.7 Å². The van der Waals surface area contributed by atoms with Crippen LogP contribution in [0.25, 0.3) is 0 Å². The largest absolute Gasteiger partial charge is 0.364 e. The van der Waals surface area contributed by atoms with Gasteiger partial charge >= 0.3 is 0 Å². The average molecular weight is 325 g/mol. The molecule has 0 aliphatic heterocycles. The number of nitrogens with zero attached hydrogens (tertiary/aromatic N) is 2. The summed E-state index contributed by atoms with van der Waals surface area (Å²) in [5, 5.41) is 2.86. The quantitative estimate of drug-likeness (QED) is 0.881. The van der Waals surface area contributed by atoms with Crippen LogP contribution < -0.4 is 10.2 Å².